The third-order valence-corrected chi connectivity index (χ3v) is 7.43. The van der Waals surface area contributed by atoms with Crippen LogP contribution in [0.2, 0.25) is 5.02 Å². The molecule has 1 aliphatic rings. The van der Waals surface area contributed by atoms with Crippen molar-refractivity contribution in [2.75, 3.05) is 18.0 Å². The van der Waals surface area contributed by atoms with Crippen molar-refractivity contribution in [1.29, 1.82) is 5.26 Å². The van der Waals surface area contributed by atoms with E-state index in [1.807, 2.05) is 17.9 Å². The Morgan fingerprint density at radius 1 is 1.07 bits per heavy atom. The Labute approximate surface area is 178 Å². The molecule has 2 aromatic carbocycles. The molecule has 0 aliphatic carbocycles. The van der Waals surface area contributed by atoms with E-state index in [0.717, 1.165) is 30.0 Å². The summed E-state index contributed by atoms with van der Waals surface area (Å²) in [6.07, 6.45) is -4.53. The van der Waals surface area contributed by atoms with Gasteiger partial charge in [0.05, 0.1) is 21.0 Å². The molecule has 30 heavy (non-hydrogen) atoms. The second kappa shape index (κ2) is 8.10. The molecule has 1 heterocycles. The van der Waals surface area contributed by atoms with Gasteiger partial charge in [0.1, 0.15) is 6.07 Å². The monoisotopic (exact) mass is 457 g/mol. The highest BCUT2D eigenvalue weighted by Crippen LogP contribution is 2.32. The first kappa shape index (κ1) is 22.4. The summed E-state index contributed by atoms with van der Waals surface area (Å²) in [6, 6.07) is 9.92. The predicted octanol–water partition coefficient (Wildman–Crippen LogP) is 4.52. The fraction of sp³-hybridized carbons (Fsp3) is 0.350. The number of nitrogens with zero attached hydrogens (tertiary/aromatic N) is 3. The molecular weight excluding hydrogens is 439 g/mol. The van der Waals surface area contributed by atoms with E-state index in [4.69, 9.17) is 16.9 Å². The standard InChI is InChI=1S/C20H19ClF3N3O2S/c1-13-12-27(30(28,29)18-7-4-16(5-8-18)20(22,23)24)14(2)11-26(13)17-6-3-15(10-25)19(21)9-17/h3-9,13-14H,11-12H2,1-2H3. The van der Waals surface area contributed by atoms with E-state index in [9.17, 15) is 21.6 Å². The van der Waals surface area contributed by atoms with Gasteiger partial charge in [0.15, 0.2) is 0 Å². The minimum atomic E-state index is -4.53. The van der Waals surface area contributed by atoms with Crippen molar-refractivity contribution in [2.45, 2.75) is 37.0 Å². The molecule has 0 spiro atoms. The van der Waals surface area contributed by atoms with Crippen molar-refractivity contribution in [3.8, 4) is 6.07 Å². The number of nitriles is 1. The molecular formula is C20H19ClF3N3O2S. The number of alkyl halides is 3. The van der Waals surface area contributed by atoms with Crippen LogP contribution >= 0.6 is 11.6 Å². The molecule has 0 amide bonds. The topological polar surface area (TPSA) is 64.4 Å². The summed E-state index contributed by atoms with van der Waals surface area (Å²) in [5, 5.41) is 9.34. The zero-order valence-electron chi connectivity index (χ0n) is 16.2. The summed E-state index contributed by atoms with van der Waals surface area (Å²) in [5.41, 5.74) is 0.222. The van der Waals surface area contributed by atoms with Crippen LogP contribution in [0.3, 0.4) is 0 Å². The Kier molecular flexibility index (Phi) is 6.05. The number of sulfonamides is 1. The Balaban J connectivity index is 1.84. The van der Waals surface area contributed by atoms with Gasteiger partial charge in [-0.15, -0.1) is 0 Å². The number of hydrogen-bond acceptors (Lipinski definition) is 4. The zero-order valence-corrected chi connectivity index (χ0v) is 17.8. The number of anilines is 1. The Bertz CT molecular complexity index is 1080. The number of piperazine rings is 1. The maximum Gasteiger partial charge on any atom is 0.416 e. The number of hydrogen-bond donors (Lipinski definition) is 0. The highest BCUT2D eigenvalue weighted by molar-refractivity contribution is 7.89. The maximum absolute atomic E-state index is 13.1. The van der Waals surface area contributed by atoms with E-state index >= 15 is 0 Å². The molecule has 0 aromatic heterocycles. The van der Waals surface area contributed by atoms with Gasteiger partial charge in [0, 0.05) is 30.9 Å². The van der Waals surface area contributed by atoms with E-state index in [0.29, 0.717) is 17.1 Å². The highest BCUT2D eigenvalue weighted by Gasteiger charge is 2.38. The van der Waals surface area contributed by atoms with E-state index < -0.39 is 27.8 Å². The molecule has 0 radical (unpaired) electrons. The quantitative estimate of drug-likeness (QED) is 0.679. The van der Waals surface area contributed by atoms with Crippen LogP contribution in [0.1, 0.15) is 25.0 Å². The minimum Gasteiger partial charge on any atom is -0.366 e. The molecule has 0 saturated carbocycles. The van der Waals surface area contributed by atoms with Gasteiger partial charge in [0.2, 0.25) is 10.0 Å². The third kappa shape index (κ3) is 4.26. The van der Waals surface area contributed by atoms with Gasteiger partial charge >= 0.3 is 6.18 Å². The molecule has 1 aliphatic heterocycles. The molecule has 2 aromatic rings. The van der Waals surface area contributed by atoms with Crippen molar-refractivity contribution < 1.29 is 21.6 Å². The van der Waals surface area contributed by atoms with Gasteiger partial charge in [-0.3, -0.25) is 0 Å². The molecule has 10 heteroatoms. The number of benzene rings is 2. The van der Waals surface area contributed by atoms with Crippen LogP contribution in [0, 0.1) is 11.3 Å². The fourth-order valence-electron chi connectivity index (χ4n) is 3.51. The van der Waals surface area contributed by atoms with Gasteiger partial charge in [-0.25, -0.2) is 8.42 Å². The Hall–Kier alpha value is -2.28. The summed E-state index contributed by atoms with van der Waals surface area (Å²) in [7, 11) is -3.96. The van der Waals surface area contributed by atoms with E-state index in [1.165, 1.54) is 4.31 Å². The van der Waals surface area contributed by atoms with Crippen molar-refractivity contribution in [1.82, 2.24) is 4.31 Å². The lowest BCUT2D eigenvalue weighted by molar-refractivity contribution is -0.137. The van der Waals surface area contributed by atoms with Gasteiger partial charge in [-0.05, 0) is 56.3 Å². The van der Waals surface area contributed by atoms with Crippen LogP contribution in [0.15, 0.2) is 47.4 Å². The van der Waals surface area contributed by atoms with Crippen LogP contribution in [-0.4, -0.2) is 37.9 Å². The Morgan fingerprint density at radius 3 is 2.23 bits per heavy atom. The predicted molar refractivity (Wildman–Crippen MR) is 108 cm³/mol. The first-order valence-corrected chi connectivity index (χ1v) is 10.9. The molecule has 1 saturated heterocycles. The van der Waals surface area contributed by atoms with Gasteiger partial charge in [-0.2, -0.15) is 22.7 Å². The lowest BCUT2D eigenvalue weighted by Gasteiger charge is -2.44. The third-order valence-electron chi connectivity index (χ3n) is 5.12. The first-order chi connectivity index (χ1) is 13.9. The molecule has 2 unspecified atom stereocenters. The molecule has 3 rings (SSSR count). The lowest BCUT2D eigenvalue weighted by Crippen LogP contribution is -2.58. The highest BCUT2D eigenvalue weighted by atomic mass is 35.5. The minimum absolute atomic E-state index is 0.155. The number of halogens is 4. The summed E-state index contributed by atoms with van der Waals surface area (Å²) < 4.78 is 65.7. The van der Waals surface area contributed by atoms with E-state index in [2.05, 4.69) is 0 Å². The van der Waals surface area contributed by atoms with Crippen LogP contribution in [0.25, 0.3) is 0 Å². The van der Waals surface area contributed by atoms with E-state index in [-0.39, 0.29) is 17.5 Å². The van der Waals surface area contributed by atoms with Gasteiger partial charge < -0.3 is 4.90 Å². The van der Waals surface area contributed by atoms with E-state index in [1.54, 1.807) is 25.1 Å². The molecule has 0 bridgehead atoms. The van der Waals surface area contributed by atoms with Crippen LogP contribution in [0.4, 0.5) is 18.9 Å². The summed E-state index contributed by atoms with van der Waals surface area (Å²) in [4.78, 5) is 1.82. The fourth-order valence-corrected chi connectivity index (χ4v) is 5.43. The summed E-state index contributed by atoms with van der Waals surface area (Å²) >= 11 is 6.12. The maximum atomic E-state index is 13.1. The van der Waals surface area contributed by atoms with Crippen molar-refractivity contribution in [2.24, 2.45) is 0 Å². The SMILES string of the molecule is CC1CN(S(=O)(=O)c2ccc(C(F)(F)F)cc2)C(C)CN1c1ccc(C#N)c(Cl)c1. The first-order valence-electron chi connectivity index (χ1n) is 9.10. The molecule has 160 valence electrons. The van der Waals surface area contributed by atoms with Crippen LogP contribution in [-0.2, 0) is 16.2 Å². The van der Waals surface area contributed by atoms with Gasteiger partial charge in [-0.1, -0.05) is 11.6 Å². The largest absolute Gasteiger partial charge is 0.416 e. The normalized spacial score (nSPS) is 20.8. The summed E-state index contributed by atoms with van der Waals surface area (Å²) in [6.45, 7) is 4.12. The zero-order chi connectivity index (χ0) is 22.3. The van der Waals surface area contributed by atoms with Crippen molar-refractivity contribution >= 4 is 27.3 Å². The van der Waals surface area contributed by atoms with Crippen molar-refractivity contribution in [3.63, 3.8) is 0 Å². The molecule has 0 N–H and O–H groups in total. The average molecular weight is 458 g/mol. The molecule has 1 fully saturated rings. The number of rotatable bonds is 3. The Morgan fingerprint density at radius 2 is 1.70 bits per heavy atom. The second-order valence-corrected chi connectivity index (χ2v) is 9.52. The van der Waals surface area contributed by atoms with Crippen molar-refractivity contribution in [3.05, 3.63) is 58.6 Å². The average Bonchev–Trinajstić information content (AvgIpc) is 2.68. The molecule has 5 nitrogen and oxygen atoms in total. The second-order valence-electron chi connectivity index (χ2n) is 7.22. The van der Waals surface area contributed by atoms with Crippen LogP contribution < -0.4 is 4.90 Å². The lowest BCUT2D eigenvalue weighted by atomic mass is 10.1. The molecule has 2 atom stereocenters. The summed E-state index contributed by atoms with van der Waals surface area (Å²) in [5.74, 6) is 0. The van der Waals surface area contributed by atoms with Crippen LogP contribution in [0.5, 0.6) is 0 Å². The van der Waals surface area contributed by atoms with Gasteiger partial charge in [0.25, 0.3) is 0 Å². The smallest absolute Gasteiger partial charge is 0.366 e.